The molecule has 1 saturated heterocycles. The number of nitrogens with one attached hydrogen (secondary N) is 1. The summed E-state index contributed by atoms with van der Waals surface area (Å²) in [6.07, 6.45) is 0.420. The van der Waals surface area contributed by atoms with Crippen molar-refractivity contribution in [3.63, 3.8) is 0 Å². The topological polar surface area (TPSA) is 67.9 Å². The SMILES string of the molecule is COc1cccc(CN2C(=O)N[C@]3(CCOc4ccccc43)C2=O)c1. The number of hydrogen-bond acceptors (Lipinski definition) is 4. The van der Waals surface area contributed by atoms with Crippen LogP contribution in [-0.4, -0.2) is 30.6 Å². The predicted octanol–water partition coefficient (Wildman–Crippen LogP) is 2.43. The zero-order valence-electron chi connectivity index (χ0n) is 13.8. The highest BCUT2D eigenvalue weighted by Crippen LogP contribution is 2.41. The molecule has 1 N–H and O–H groups in total. The van der Waals surface area contributed by atoms with Gasteiger partial charge in [-0.25, -0.2) is 4.79 Å². The van der Waals surface area contributed by atoms with Gasteiger partial charge in [-0.3, -0.25) is 9.69 Å². The number of rotatable bonds is 3. The van der Waals surface area contributed by atoms with Gasteiger partial charge in [0.1, 0.15) is 11.5 Å². The second-order valence-corrected chi connectivity index (χ2v) is 6.17. The average Bonchev–Trinajstić information content (AvgIpc) is 2.87. The average molecular weight is 338 g/mol. The second kappa shape index (κ2) is 5.81. The maximum absolute atomic E-state index is 13.2. The maximum atomic E-state index is 13.2. The lowest BCUT2D eigenvalue weighted by molar-refractivity contribution is -0.133. The number of carbonyl (C=O) groups excluding carboxylic acids is 2. The van der Waals surface area contributed by atoms with E-state index in [4.69, 9.17) is 9.47 Å². The van der Waals surface area contributed by atoms with Crippen molar-refractivity contribution in [3.8, 4) is 11.5 Å². The summed E-state index contributed by atoms with van der Waals surface area (Å²) >= 11 is 0. The number of ether oxygens (including phenoxy) is 2. The zero-order chi connectivity index (χ0) is 17.4. The van der Waals surface area contributed by atoms with E-state index in [9.17, 15) is 9.59 Å². The Morgan fingerprint density at radius 2 is 2.04 bits per heavy atom. The van der Waals surface area contributed by atoms with Crippen LogP contribution in [0.1, 0.15) is 17.5 Å². The predicted molar refractivity (Wildman–Crippen MR) is 90.3 cm³/mol. The summed E-state index contributed by atoms with van der Waals surface area (Å²) in [7, 11) is 1.58. The first kappa shape index (κ1) is 15.5. The molecule has 6 nitrogen and oxygen atoms in total. The molecule has 1 atom stereocenters. The fourth-order valence-corrected chi connectivity index (χ4v) is 3.47. The molecule has 2 aliphatic heterocycles. The largest absolute Gasteiger partial charge is 0.497 e. The fourth-order valence-electron chi connectivity index (χ4n) is 3.47. The smallest absolute Gasteiger partial charge is 0.325 e. The Labute approximate surface area is 145 Å². The maximum Gasteiger partial charge on any atom is 0.325 e. The highest BCUT2D eigenvalue weighted by molar-refractivity contribution is 6.07. The van der Waals surface area contributed by atoms with Gasteiger partial charge < -0.3 is 14.8 Å². The van der Waals surface area contributed by atoms with Gasteiger partial charge >= 0.3 is 6.03 Å². The van der Waals surface area contributed by atoms with Gasteiger partial charge in [0.2, 0.25) is 0 Å². The van der Waals surface area contributed by atoms with E-state index in [1.54, 1.807) is 7.11 Å². The fraction of sp³-hybridized carbons (Fsp3) is 0.263. The van der Waals surface area contributed by atoms with Gasteiger partial charge in [-0.2, -0.15) is 0 Å². The monoisotopic (exact) mass is 338 g/mol. The third-order valence-corrected chi connectivity index (χ3v) is 4.73. The van der Waals surface area contributed by atoms with Crippen LogP contribution in [0.15, 0.2) is 48.5 Å². The van der Waals surface area contributed by atoms with Crippen LogP contribution >= 0.6 is 0 Å². The van der Waals surface area contributed by atoms with Gasteiger partial charge in [0.05, 0.1) is 20.3 Å². The molecule has 2 heterocycles. The summed E-state index contributed by atoms with van der Waals surface area (Å²) in [4.78, 5) is 27.0. The van der Waals surface area contributed by atoms with Crippen molar-refractivity contribution in [1.82, 2.24) is 10.2 Å². The molecule has 0 bridgehead atoms. The molecule has 0 unspecified atom stereocenters. The highest BCUT2D eigenvalue weighted by Gasteiger charge is 2.54. The summed E-state index contributed by atoms with van der Waals surface area (Å²) in [6.45, 7) is 0.586. The molecule has 25 heavy (non-hydrogen) atoms. The normalized spacial score (nSPS) is 21.7. The first-order valence-electron chi connectivity index (χ1n) is 8.13. The summed E-state index contributed by atoms with van der Waals surface area (Å²) in [5.74, 6) is 1.09. The number of nitrogens with zero attached hydrogens (tertiary/aromatic N) is 1. The number of carbonyl (C=O) groups is 2. The number of imide groups is 1. The number of fused-ring (bicyclic) bond motifs is 2. The van der Waals surface area contributed by atoms with Crippen molar-refractivity contribution in [2.24, 2.45) is 0 Å². The van der Waals surface area contributed by atoms with Crippen LogP contribution in [0.25, 0.3) is 0 Å². The third-order valence-electron chi connectivity index (χ3n) is 4.73. The standard InChI is InChI=1S/C19H18N2O4/c1-24-14-6-4-5-13(11-14)12-21-17(22)19(20-18(21)23)9-10-25-16-8-3-2-7-15(16)19/h2-8,11H,9-10,12H2,1H3,(H,20,23)/t19-/m0/s1. The molecular formula is C19H18N2O4. The molecule has 1 fully saturated rings. The Kier molecular flexibility index (Phi) is 3.60. The molecule has 1 spiro atoms. The lowest BCUT2D eigenvalue weighted by Gasteiger charge is -2.33. The van der Waals surface area contributed by atoms with Gasteiger partial charge in [0.25, 0.3) is 5.91 Å². The van der Waals surface area contributed by atoms with Crippen LogP contribution in [0.4, 0.5) is 4.79 Å². The first-order chi connectivity index (χ1) is 12.1. The molecule has 0 radical (unpaired) electrons. The number of para-hydroxylation sites is 1. The molecule has 128 valence electrons. The Balaban J connectivity index is 1.67. The molecule has 2 aliphatic rings. The van der Waals surface area contributed by atoms with Crippen molar-refractivity contribution in [1.29, 1.82) is 0 Å². The van der Waals surface area contributed by atoms with E-state index in [1.807, 2.05) is 48.5 Å². The first-order valence-corrected chi connectivity index (χ1v) is 8.13. The molecule has 0 aliphatic carbocycles. The quantitative estimate of drug-likeness (QED) is 0.873. The molecule has 6 heteroatoms. The second-order valence-electron chi connectivity index (χ2n) is 6.17. The Bertz CT molecular complexity index is 851. The van der Waals surface area contributed by atoms with E-state index in [1.165, 1.54) is 4.90 Å². The summed E-state index contributed by atoms with van der Waals surface area (Å²) in [6, 6.07) is 14.3. The van der Waals surface area contributed by atoms with Gasteiger partial charge in [-0.15, -0.1) is 0 Å². The molecule has 0 aromatic heterocycles. The Hall–Kier alpha value is -3.02. The van der Waals surface area contributed by atoms with E-state index < -0.39 is 5.54 Å². The van der Waals surface area contributed by atoms with Crippen LogP contribution < -0.4 is 14.8 Å². The lowest BCUT2D eigenvalue weighted by atomic mass is 9.84. The van der Waals surface area contributed by atoms with Crippen molar-refractivity contribution in [3.05, 3.63) is 59.7 Å². The van der Waals surface area contributed by atoms with Crippen LogP contribution in [-0.2, 0) is 16.9 Å². The summed E-state index contributed by atoms with van der Waals surface area (Å²) in [5, 5.41) is 2.90. The summed E-state index contributed by atoms with van der Waals surface area (Å²) in [5.41, 5.74) is 0.512. The van der Waals surface area contributed by atoms with Crippen LogP contribution in [0.2, 0.25) is 0 Å². The van der Waals surface area contributed by atoms with Gasteiger partial charge in [-0.05, 0) is 23.8 Å². The molecule has 0 saturated carbocycles. The van der Waals surface area contributed by atoms with Crippen molar-refractivity contribution in [2.75, 3.05) is 13.7 Å². The van der Waals surface area contributed by atoms with E-state index in [2.05, 4.69) is 5.32 Å². The Morgan fingerprint density at radius 3 is 2.88 bits per heavy atom. The van der Waals surface area contributed by atoms with Gasteiger partial charge in [-0.1, -0.05) is 30.3 Å². The minimum atomic E-state index is -1.04. The van der Waals surface area contributed by atoms with E-state index >= 15 is 0 Å². The molecular weight excluding hydrogens is 320 g/mol. The number of amides is 3. The summed E-state index contributed by atoms with van der Waals surface area (Å²) < 4.78 is 10.8. The van der Waals surface area contributed by atoms with E-state index in [0.717, 1.165) is 5.56 Å². The minimum absolute atomic E-state index is 0.201. The van der Waals surface area contributed by atoms with Gasteiger partial charge in [0, 0.05) is 12.0 Å². The van der Waals surface area contributed by atoms with Crippen molar-refractivity contribution < 1.29 is 19.1 Å². The number of urea groups is 1. The van der Waals surface area contributed by atoms with Crippen LogP contribution in [0.5, 0.6) is 11.5 Å². The number of methoxy groups -OCH3 is 1. The van der Waals surface area contributed by atoms with Crippen molar-refractivity contribution in [2.45, 2.75) is 18.5 Å². The van der Waals surface area contributed by atoms with E-state index in [0.29, 0.717) is 30.1 Å². The Morgan fingerprint density at radius 1 is 1.20 bits per heavy atom. The number of benzene rings is 2. The zero-order valence-corrected chi connectivity index (χ0v) is 13.8. The van der Waals surface area contributed by atoms with Crippen LogP contribution in [0.3, 0.4) is 0 Å². The highest BCUT2D eigenvalue weighted by atomic mass is 16.5. The molecule has 2 aromatic rings. The molecule has 3 amide bonds. The van der Waals surface area contributed by atoms with E-state index in [-0.39, 0.29) is 18.5 Å². The third kappa shape index (κ3) is 2.41. The van der Waals surface area contributed by atoms with Crippen LogP contribution in [0, 0.1) is 0 Å². The minimum Gasteiger partial charge on any atom is -0.497 e. The molecule has 4 rings (SSSR count). The van der Waals surface area contributed by atoms with Gasteiger partial charge in [0.15, 0.2) is 5.54 Å². The van der Waals surface area contributed by atoms with Crippen molar-refractivity contribution >= 4 is 11.9 Å². The number of hydrogen-bond donors (Lipinski definition) is 1. The molecule has 2 aromatic carbocycles. The lowest BCUT2D eigenvalue weighted by Crippen LogP contribution is -2.47.